The highest BCUT2D eigenvalue weighted by molar-refractivity contribution is 7.19. The van der Waals surface area contributed by atoms with Gasteiger partial charge in [-0.3, -0.25) is 15.1 Å². The summed E-state index contributed by atoms with van der Waals surface area (Å²) < 4.78 is 2.39. The Morgan fingerprint density at radius 1 is 1.33 bits per heavy atom. The Labute approximate surface area is 150 Å². The molecule has 0 aliphatic heterocycles. The second kappa shape index (κ2) is 7.08. The summed E-state index contributed by atoms with van der Waals surface area (Å²) in [5.41, 5.74) is 1.54. The van der Waals surface area contributed by atoms with Crippen molar-refractivity contribution in [3.8, 4) is 10.6 Å². The predicted molar refractivity (Wildman–Crippen MR) is 98.2 cm³/mol. The fourth-order valence-electron chi connectivity index (χ4n) is 2.03. The van der Waals surface area contributed by atoms with Crippen LogP contribution in [0.5, 0.6) is 0 Å². The van der Waals surface area contributed by atoms with Gasteiger partial charge in [0.2, 0.25) is 4.80 Å². The lowest BCUT2D eigenvalue weighted by Gasteiger charge is -2.00. The maximum absolute atomic E-state index is 10.9. The number of aromatic nitrogens is 1. The Hall–Kier alpha value is -2.29. The molecule has 0 saturated carbocycles. The van der Waals surface area contributed by atoms with E-state index in [1.165, 1.54) is 34.8 Å². The van der Waals surface area contributed by atoms with Crippen LogP contribution < -0.4 is 4.80 Å². The number of nitro groups is 1. The molecule has 1 aromatic carbocycles. The number of hydrogen-bond acceptors (Lipinski definition) is 6. The first-order chi connectivity index (χ1) is 11.6. The van der Waals surface area contributed by atoms with Crippen molar-refractivity contribution in [2.45, 2.75) is 0 Å². The SMILES string of the molecule is CN=c1scc(-c2ccc(Cl)s2)n1N=Cc1cccc([N+](=O)[O-])c1. The van der Waals surface area contributed by atoms with Crippen LogP contribution in [0.2, 0.25) is 4.34 Å². The molecule has 0 atom stereocenters. The van der Waals surface area contributed by atoms with E-state index < -0.39 is 4.92 Å². The number of rotatable bonds is 4. The largest absolute Gasteiger partial charge is 0.270 e. The third-order valence-corrected chi connectivity index (χ3v) is 5.27. The minimum Gasteiger partial charge on any atom is -0.261 e. The van der Waals surface area contributed by atoms with Gasteiger partial charge in [-0.1, -0.05) is 23.7 Å². The summed E-state index contributed by atoms with van der Waals surface area (Å²) >= 11 is 8.92. The molecule has 0 aliphatic rings. The maximum atomic E-state index is 10.9. The number of nitro benzene ring substituents is 1. The number of thiophene rings is 1. The van der Waals surface area contributed by atoms with Crippen molar-refractivity contribution < 1.29 is 4.92 Å². The molecule has 0 bridgehead atoms. The molecular formula is C15H11ClN4O2S2. The van der Waals surface area contributed by atoms with Crippen LogP contribution in [0.4, 0.5) is 5.69 Å². The van der Waals surface area contributed by atoms with Gasteiger partial charge in [0.15, 0.2) is 0 Å². The molecule has 3 aromatic rings. The van der Waals surface area contributed by atoms with Crippen LogP contribution in [0.25, 0.3) is 10.6 Å². The van der Waals surface area contributed by atoms with E-state index in [9.17, 15) is 10.1 Å². The van der Waals surface area contributed by atoms with Crippen LogP contribution in [0.1, 0.15) is 5.56 Å². The van der Waals surface area contributed by atoms with Gasteiger partial charge < -0.3 is 0 Å². The molecule has 0 radical (unpaired) electrons. The Morgan fingerprint density at radius 2 is 2.17 bits per heavy atom. The first-order valence-electron chi connectivity index (χ1n) is 6.76. The van der Waals surface area contributed by atoms with Crippen LogP contribution in [0, 0.1) is 10.1 Å². The quantitative estimate of drug-likeness (QED) is 0.386. The fourth-order valence-corrected chi connectivity index (χ4v) is 3.94. The highest BCUT2D eigenvalue weighted by atomic mass is 35.5. The van der Waals surface area contributed by atoms with Gasteiger partial charge in [-0.2, -0.15) is 5.10 Å². The van der Waals surface area contributed by atoms with Crippen molar-refractivity contribution in [3.05, 3.63) is 66.6 Å². The Morgan fingerprint density at radius 3 is 2.83 bits per heavy atom. The van der Waals surface area contributed by atoms with Gasteiger partial charge in [-0.25, -0.2) is 4.68 Å². The summed E-state index contributed by atoms with van der Waals surface area (Å²) in [7, 11) is 1.69. The lowest BCUT2D eigenvalue weighted by atomic mass is 10.2. The topological polar surface area (TPSA) is 72.8 Å². The number of nitrogens with zero attached hydrogens (tertiary/aromatic N) is 4. The molecule has 3 rings (SSSR count). The molecule has 0 saturated heterocycles. The van der Waals surface area contributed by atoms with Crippen LogP contribution in [-0.4, -0.2) is 22.9 Å². The minimum absolute atomic E-state index is 0.0277. The second-order valence-corrected chi connectivity index (χ2v) is 7.19. The van der Waals surface area contributed by atoms with E-state index in [1.807, 2.05) is 17.5 Å². The van der Waals surface area contributed by atoms with Crippen molar-refractivity contribution in [2.24, 2.45) is 10.1 Å². The van der Waals surface area contributed by atoms with Crippen molar-refractivity contribution in [1.29, 1.82) is 0 Å². The van der Waals surface area contributed by atoms with Crippen LogP contribution in [0.3, 0.4) is 0 Å². The van der Waals surface area contributed by atoms with E-state index in [-0.39, 0.29) is 5.69 Å². The van der Waals surface area contributed by atoms with Crippen molar-refractivity contribution >= 4 is 46.2 Å². The van der Waals surface area contributed by atoms with Gasteiger partial charge in [-0.15, -0.1) is 22.7 Å². The van der Waals surface area contributed by atoms with Gasteiger partial charge in [0.1, 0.15) is 0 Å². The second-order valence-electron chi connectivity index (χ2n) is 4.64. The van der Waals surface area contributed by atoms with E-state index >= 15 is 0 Å². The zero-order valence-electron chi connectivity index (χ0n) is 12.4. The molecule has 0 amide bonds. The summed E-state index contributed by atoms with van der Waals surface area (Å²) in [6.45, 7) is 0. The molecule has 0 aliphatic carbocycles. The minimum atomic E-state index is -0.430. The van der Waals surface area contributed by atoms with Gasteiger partial charge in [0.25, 0.3) is 5.69 Å². The molecule has 2 aromatic heterocycles. The smallest absolute Gasteiger partial charge is 0.261 e. The number of halogens is 1. The summed E-state index contributed by atoms with van der Waals surface area (Å²) in [5.74, 6) is 0. The molecule has 0 spiro atoms. The zero-order valence-corrected chi connectivity index (χ0v) is 14.8. The lowest BCUT2D eigenvalue weighted by Crippen LogP contribution is -2.11. The molecule has 0 N–H and O–H groups in total. The van der Waals surface area contributed by atoms with E-state index in [0.29, 0.717) is 9.90 Å². The van der Waals surface area contributed by atoms with Gasteiger partial charge >= 0.3 is 0 Å². The number of benzene rings is 1. The molecule has 6 nitrogen and oxygen atoms in total. The first kappa shape index (κ1) is 16.6. The molecule has 9 heteroatoms. The summed E-state index contributed by atoms with van der Waals surface area (Å²) in [6, 6.07) is 10.1. The van der Waals surface area contributed by atoms with Crippen LogP contribution in [-0.2, 0) is 0 Å². The fraction of sp³-hybridized carbons (Fsp3) is 0.0667. The first-order valence-corrected chi connectivity index (χ1v) is 8.84. The average molecular weight is 379 g/mol. The molecule has 0 fully saturated rings. The number of non-ortho nitro benzene ring substituents is 1. The van der Waals surface area contributed by atoms with Crippen molar-refractivity contribution in [1.82, 2.24) is 4.68 Å². The molecule has 2 heterocycles. The maximum Gasteiger partial charge on any atom is 0.270 e. The Bertz CT molecular complexity index is 987. The Balaban J connectivity index is 2.02. The van der Waals surface area contributed by atoms with E-state index in [2.05, 4.69) is 10.1 Å². The highest BCUT2D eigenvalue weighted by Crippen LogP contribution is 2.31. The predicted octanol–water partition coefficient (Wildman–Crippen LogP) is 4.25. The van der Waals surface area contributed by atoms with Crippen molar-refractivity contribution in [3.63, 3.8) is 0 Å². The molecular weight excluding hydrogens is 368 g/mol. The molecule has 0 unspecified atom stereocenters. The Kier molecular flexibility index (Phi) is 4.89. The normalized spacial score (nSPS) is 12.2. The molecule has 122 valence electrons. The third kappa shape index (κ3) is 3.45. The standard InChI is InChI=1S/C15H11ClN4O2S2/c1-17-15-19(12(9-23-15)13-5-6-14(16)24-13)18-8-10-3-2-4-11(7-10)20(21)22/h2-9H,1H3. The van der Waals surface area contributed by atoms with E-state index in [0.717, 1.165) is 15.4 Å². The monoisotopic (exact) mass is 378 g/mol. The van der Waals surface area contributed by atoms with Crippen molar-refractivity contribution in [2.75, 3.05) is 7.05 Å². The third-order valence-electron chi connectivity index (χ3n) is 3.11. The van der Waals surface area contributed by atoms with E-state index in [4.69, 9.17) is 11.6 Å². The summed E-state index contributed by atoms with van der Waals surface area (Å²) in [4.78, 5) is 16.3. The van der Waals surface area contributed by atoms with Gasteiger partial charge in [0.05, 0.1) is 26.0 Å². The van der Waals surface area contributed by atoms with Gasteiger partial charge in [0, 0.05) is 30.1 Å². The average Bonchev–Trinajstić information content (AvgIpc) is 3.18. The summed E-state index contributed by atoms with van der Waals surface area (Å²) in [6.07, 6.45) is 1.58. The van der Waals surface area contributed by atoms with Gasteiger partial charge in [-0.05, 0) is 12.1 Å². The highest BCUT2D eigenvalue weighted by Gasteiger charge is 2.10. The van der Waals surface area contributed by atoms with E-state index in [1.54, 1.807) is 30.1 Å². The number of thiazole rings is 1. The summed E-state index contributed by atoms with van der Waals surface area (Å²) in [5, 5.41) is 17.3. The van der Waals surface area contributed by atoms with Crippen LogP contribution >= 0.6 is 34.3 Å². The lowest BCUT2D eigenvalue weighted by molar-refractivity contribution is -0.384. The molecule has 24 heavy (non-hydrogen) atoms. The number of hydrogen-bond donors (Lipinski definition) is 0. The van der Waals surface area contributed by atoms with Crippen LogP contribution in [0.15, 0.2) is 51.9 Å². The zero-order chi connectivity index (χ0) is 17.1.